The van der Waals surface area contributed by atoms with Crippen LogP contribution in [0.15, 0.2) is 72.8 Å². The van der Waals surface area contributed by atoms with E-state index in [0.29, 0.717) is 37.6 Å². The molecule has 2 bridgehead atoms. The van der Waals surface area contributed by atoms with Crippen LogP contribution in [0, 0.1) is 5.92 Å². The number of aliphatic hydroxyl groups is 1. The van der Waals surface area contributed by atoms with Crippen LogP contribution in [0.25, 0.3) is 0 Å². The van der Waals surface area contributed by atoms with Gasteiger partial charge in [0, 0.05) is 36.6 Å². The molecule has 3 N–H and O–H groups in total. The normalized spacial score (nSPS) is 23.7. The third-order valence-electron chi connectivity index (χ3n) is 8.14. The second kappa shape index (κ2) is 12.9. The van der Waals surface area contributed by atoms with Gasteiger partial charge in [0.15, 0.2) is 0 Å². The minimum absolute atomic E-state index is 0.0419. The maximum absolute atomic E-state index is 13.2. The maximum atomic E-state index is 13.2. The summed E-state index contributed by atoms with van der Waals surface area (Å²) in [4.78, 5) is 26.2. The predicted molar refractivity (Wildman–Crippen MR) is 156 cm³/mol. The molecule has 0 unspecified atom stereocenters. The quantitative estimate of drug-likeness (QED) is 0.345. The van der Waals surface area contributed by atoms with Crippen molar-refractivity contribution in [2.45, 2.75) is 56.5 Å². The zero-order valence-electron chi connectivity index (χ0n) is 23.4. The van der Waals surface area contributed by atoms with Crippen molar-refractivity contribution in [1.82, 2.24) is 5.32 Å². The van der Waals surface area contributed by atoms with E-state index in [-0.39, 0.29) is 36.9 Å². The fraction of sp³-hybridized carbons (Fsp3) is 0.394. The number of nitrogens with one attached hydrogen (secondary N) is 2. The molecule has 2 amide bonds. The summed E-state index contributed by atoms with van der Waals surface area (Å²) in [7, 11) is 0. The minimum Gasteiger partial charge on any atom is -0.490 e. The molecule has 6 rings (SSSR count). The van der Waals surface area contributed by atoms with E-state index in [9.17, 15) is 14.7 Å². The van der Waals surface area contributed by atoms with Crippen molar-refractivity contribution in [1.29, 1.82) is 0 Å². The van der Waals surface area contributed by atoms with Gasteiger partial charge in [-0.2, -0.15) is 0 Å². The molecule has 3 heterocycles. The molecular formula is C33H36N2O7. The second-order valence-corrected chi connectivity index (χ2v) is 11.1. The van der Waals surface area contributed by atoms with Gasteiger partial charge in [-0.25, -0.2) is 0 Å². The summed E-state index contributed by atoms with van der Waals surface area (Å²) in [6.45, 7) is 1.36. The van der Waals surface area contributed by atoms with E-state index >= 15 is 0 Å². The highest BCUT2D eigenvalue weighted by molar-refractivity contribution is 5.95. The molecule has 3 aliphatic rings. The van der Waals surface area contributed by atoms with Crippen molar-refractivity contribution >= 4 is 17.5 Å². The van der Waals surface area contributed by atoms with E-state index in [4.69, 9.17) is 18.9 Å². The molecule has 0 aliphatic carbocycles. The minimum atomic E-state index is -0.733. The molecule has 9 heteroatoms. The lowest BCUT2D eigenvalue weighted by molar-refractivity contribution is -0.148. The summed E-state index contributed by atoms with van der Waals surface area (Å²) in [5, 5.41) is 16.1. The van der Waals surface area contributed by atoms with E-state index in [1.807, 2.05) is 72.8 Å². The van der Waals surface area contributed by atoms with Crippen LogP contribution in [0.1, 0.15) is 42.7 Å². The zero-order valence-corrected chi connectivity index (χ0v) is 23.4. The molecule has 3 aliphatic heterocycles. The number of rotatable bonds is 9. The number of aliphatic hydroxyl groups excluding tert-OH is 1. The van der Waals surface area contributed by atoms with Gasteiger partial charge < -0.3 is 34.7 Å². The Labute approximate surface area is 245 Å². The van der Waals surface area contributed by atoms with Crippen LogP contribution < -0.4 is 20.1 Å². The first-order chi connectivity index (χ1) is 20.6. The average Bonchev–Trinajstić information content (AvgIpc) is 3.12. The molecule has 220 valence electrons. The Hall–Kier alpha value is -3.92. The summed E-state index contributed by atoms with van der Waals surface area (Å²) in [6, 6.07) is 22.8. The van der Waals surface area contributed by atoms with Crippen molar-refractivity contribution < 1.29 is 33.6 Å². The molecule has 2 fully saturated rings. The maximum Gasteiger partial charge on any atom is 0.230 e. The number of carbonyl (C=O) groups is 2. The summed E-state index contributed by atoms with van der Waals surface area (Å²) in [5.41, 5.74) is 2.54. The summed E-state index contributed by atoms with van der Waals surface area (Å²) in [5.74, 6) is 0.998. The van der Waals surface area contributed by atoms with Crippen molar-refractivity contribution in [2.75, 3.05) is 25.1 Å². The fourth-order valence-corrected chi connectivity index (χ4v) is 6.04. The molecule has 0 aromatic heterocycles. The fourth-order valence-electron chi connectivity index (χ4n) is 6.04. The molecule has 3 aromatic rings. The van der Waals surface area contributed by atoms with Crippen LogP contribution in [0.2, 0.25) is 0 Å². The number of hydrogen-bond donors (Lipinski definition) is 3. The molecule has 3 aromatic carbocycles. The lowest BCUT2D eigenvalue weighted by Gasteiger charge is -2.40. The number of benzene rings is 3. The van der Waals surface area contributed by atoms with Crippen molar-refractivity contribution in [3.05, 3.63) is 83.9 Å². The molecule has 42 heavy (non-hydrogen) atoms. The molecule has 0 spiro atoms. The van der Waals surface area contributed by atoms with Gasteiger partial charge >= 0.3 is 0 Å². The molecule has 0 radical (unpaired) electrons. The van der Waals surface area contributed by atoms with Gasteiger partial charge in [-0.05, 0) is 54.4 Å². The highest BCUT2D eigenvalue weighted by atomic mass is 16.5. The van der Waals surface area contributed by atoms with Gasteiger partial charge in [0.2, 0.25) is 11.8 Å². The van der Waals surface area contributed by atoms with Crippen LogP contribution >= 0.6 is 0 Å². The van der Waals surface area contributed by atoms with Gasteiger partial charge in [-0.15, -0.1) is 0 Å². The SMILES string of the molecule is O=C(C[C@H]1C[C@@H]2c3cc(ccc3OC3CCOCC3)NC(=O)[C@@H]2[C@H](CO)O1)NCc1ccc(Oc2ccccc2)cc1. The Balaban J connectivity index is 1.10. The first-order valence-corrected chi connectivity index (χ1v) is 14.6. The Bertz CT molecular complexity index is 1370. The van der Waals surface area contributed by atoms with E-state index in [1.54, 1.807) is 0 Å². The van der Waals surface area contributed by atoms with E-state index in [1.165, 1.54) is 0 Å². The largest absolute Gasteiger partial charge is 0.490 e. The number of fused-ring (bicyclic) bond motifs is 4. The van der Waals surface area contributed by atoms with Crippen molar-refractivity contribution in [3.63, 3.8) is 0 Å². The van der Waals surface area contributed by atoms with Crippen LogP contribution in [-0.4, -0.2) is 55.1 Å². The molecule has 4 atom stereocenters. The van der Waals surface area contributed by atoms with E-state index in [2.05, 4.69) is 10.6 Å². The van der Waals surface area contributed by atoms with Crippen molar-refractivity contribution in [2.24, 2.45) is 5.92 Å². The molecule has 2 saturated heterocycles. The molecule has 9 nitrogen and oxygen atoms in total. The first kappa shape index (κ1) is 28.2. The monoisotopic (exact) mass is 572 g/mol. The zero-order chi connectivity index (χ0) is 28.9. The first-order valence-electron chi connectivity index (χ1n) is 14.6. The number of carbonyl (C=O) groups excluding carboxylic acids is 2. The third kappa shape index (κ3) is 6.59. The highest BCUT2D eigenvalue weighted by Crippen LogP contribution is 2.46. The average molecular weight is 573 g/mol. The van der Waals surface area contributed by atoms with Gasteiger partial charge in [0.1, 0.15) is 23.4 Å². The Morgan fingerprint density at radius 1 is 1.00 bits per heavy atom. The standard InChI is InChI=1S/C33H36N2O7/c36-20-30-32-28(27-16-22(35-33(32)38)8-11-29(27)41-25-12-14-39-15-13-25)17-26(42-30)18-31(37)34-19-21-6-9-24(10-7-21)40-23-4-2-1-3-5-23/h1-11,16,25-26,28,30,32,36H,12-15,17-20H2,(H,34,37)(H,35,38)/t26-,28-,30+,32+/m1/s1. The Kier molecular flexibility index (Phi) is 8.69. The van der Waals surface area contributed by atoms with Gasteiger partial charge in [0.25, 0.3) is 0 Å². The summed E-state index contributed by atoms with van der Waals surface area (Å²) < 4.78 is 23.9. The van der Waals surface area contributed by atoms with Gasteiger partial charge in [-0.3, -0.25) is 9.59 Å². The predicted octanol–water partition coefficient (Wildman–Crippen LogP) is 4.54. The third-order valence-corrected chi connectivity index (χ3v) is 8.14. The lowest BCUT2D eigenvalue weighted by Crippen LogP contribution is -2.48. The number of ether oxygens (including phenoxy) is 4. The summed E-state index contributed by atoms with van der Waals surface area (Å²) >= 11 is 0. The van der Waals surface area contributed by atoms with Crippen LogP contribution in [0.4, 0.5) is 5.69 Å². The lowest BCUT2D eigenvalue weighted by atomic mass is 9.76. The van der Waals surface area contributed by atoms with Crippen LogP contribution in [0.3, 0.4) is 0 Å². The number of hydrogen-bond acceptors (Lipinski definition) is 7. The van der Waals surface area contributed by atoms with E-state index in [0.717, 1.165) is 35.5 Å². The molecular weight excluding hydrogens is 536 g/mol. The second-order valence-electron chi connectivity index (χ2n) is 11.1. The Morgan fingerprint density at radius 2 is 1.76 bits per heavy atom. The number of amides is 2. The highest BCUT2D eigenvalue weighted by Gasteiger charge is 2.46. The van der Waals surface area contributed by atoms with Crippen LogP contribution in [-0.2, 0) is 25.6 Å². The Morgan fingerprint density at radius 3 is 2.52 bits per heavy atom. The van der Waals surface area contributed by atoms with Gasteiger partial charge in [0.05, 0.1) is 44.4 Å². The number of para-hydroxylation sites is 1. The number of anilines is 1. The summed E-state index contributed by atoms with van der Waals surface area (Å²) in [6.07, 6.45) is 1.04. The smallest absolute Gasteiger partial charge is 0.230 e. The van der Waals surface area contributed by atoms with Crippen molar-refractivity contribution in [3.8, 4) is 17.2 Å². The molecule has 0 saturated carbocycles. The van der Waals surface area contributed by atoms with E-state index < -0.39 is 18.1 Å². The topological polar surface area (TPSA) is 115 Å². The van der Waals surface area contributed by atoms with Crippen LogP contribution in [0.5, 0.6) is 17.2 Å². The van der Waals surface area contributed by atoms with Gasteiger partial charge in [-0.1, -0.05) is 30.3 Å².